The van der Waals surface area contributed by atoms with Gasteiger partial charge in [0.1, 0.15) is 0 Å². The van der Waals surface area contributed by atoms with Crippen LogP contribution in [0.2, 0.25) is 10.0 Å². The first kappa shape index (κ1) is 16.5. The van der Waals surface area contributed by atoms with Gasteiger partial charge in [-0.25, -0.2) is 0 Å². The van der Waals surface area contributed by atoms with E-state index in [9.17, 15) is 0 Å². The van der Waals surface area contributed by atoms with E-state index >= 15 is 0 Å². The Morgan fingerprint density at radius 1 is 1.00 bits per heavy atom. The molecular formula is C16H16Cl2N2O2. The number of nitrogens with one attached hydrogen (secondary N) is 1. The maximum Gasteiger partial charge on any atom is 0.161 e. The van der Waals surface area contributed by atoms with Gasteiger partial charge in [-0.1, -0.05) is 35.3 Å². The quantitative estimate of drug-likeness (QED) is 0.636. The molecule has 0 fully saturated rings. The molecule has 0 saturated heterocycles. The van der Waals surface area contributed by atoms with E-state index in [0.29, 0.717) is 28.1 Å². The van der Waals surface area contributed by atoms with E-state index < -0.39 is 0 Å². The summed E-state index contributed by atoms with van der Waals surface area (Å²) in [6.45, 7) is 0.568. The molecule has 0 aliphatic carbocycles. The lowest BCUT2D eigenvalue weighted by atomic mass is 10.2. The van der Waals surface area contributed by atoms with Crippen LogP contribution in [0.5, 0.6) is 11.5 Å². The summed E-state index contributed by atoms with van der Waals surface area (Å²) in [5.41, 5.74) is 4.87. The van der Waals surface area contributed by atoms with Gasteiger partial charge < -0.3 is 14.9 Å². The highest BCUT2D eigenvalue weighted by Gasteiger charge is 2.03. The normalized spacial score (nSPS) is 10.7. The summed E-state index contributed by atoms with van der Waals surface area (Å²) in [5.74, 6) is 1.39. The third-order valence-corrected chi connectivity index (χ3v) is 3.72. The van der Waals surface area contributed by atoms with Crippen molar-refractivity contribution in [2.75, 3.05) is 14.2 Å². The molecule has 2 rings (SSSR count). The first-order valence-corrected chi connectivity index (χ1v) is 7.31. The molecule has 0 atom stereocenters. The van der Waals surface area contributed by atoms with Gasteiger partial charge >= 0.3 is 0 Å². The van der Waals surface area contributed by atoms with Crippen LogP contribution < -0.4 is 14.9 Å². The number of benzene rings is 2. The van der Waals surface area contributed by atoms with Crippen LogP contribution in [-0.4, -0.2) is 20.4 Å². The fraction of sp³-hybridized carbons (Fsp3) is 0.188. The zero-order valence-corrected chi connectivity index (χ0v) is 13.8. The molecule has 6 heteroatoms. The van der Waals surface area contributed by atoms with Crippen LogP contribution in [0.3, 0.4) is 0 Å². The maximum atomic E-state index is 5.94. The van der Waals surface area contributed by atoms with Crippen LogP contribution in [0.25, 0.3) is 0 Å². The Morgan fingerprint density at radius 3 is 2.45 bits per heavy atom. The van der Waals surface area contributed by atoms with Gasteiger partial charge in [-0.2, -0.15) is 5.10 Å². The van der Waals surface area contributed by atoms with Gasteiger partial charge in [0.25, 0.3) is 0 Å². The predicted octanol–water partition coefficient (Wildman–Crippen LogP) is 4.13. The SMILES string of the molecule is COc1ccc(CN/N=C\c2ccc(Cl)c(Cl)c2)cc1OC. The summed E-state index contributed by atoms with van der Waals surface area (Å²) in [6, 6.07) is 11.0. The van der Waals surface area contributed by atoms with E-state index in [1.54, 1.807) is 32.6 Å². The predicted molar refractivity (Wildman–Crippen MR) is 90.4 cm³/mol. The van der Waals surface area contributed by atoms with Crippen molar-refractivity contribution in [3.63, 3.8) is 0 Å². The van der Waals surface area contributed by atoms with Crippen LogP contribution in [0.1, 0.15) is 11.1 Å². The summed E-state index contributed by atoms with van der Waals surface area (Å²) in [6.07, 6.45) is 1.68. The Hall–Kier alpha value is -1.91. The van der Waals surface area contributed by atoms with E-state index in [0.717, 1.165) is 11.1 Å². The van der Waals surface area contributed by atoms with Crippen molar-refractivity contribution >= 4 is 29.4 Å². The van der Waals surface area contributed by atoms with Gasteiger partial charge in [0.05, 0.1) is 37.0 Å². The maximum absolute atomic E-state index is 5.94. The van der Waals surface area contributed by atoms with Crippen LogP contribution in [0.15, 0.2) is 41.5 Å². The molecule has 0 aromatic heterocycles. The minimum atomic E-state index is 0.505. The molecule has 0 aliphatic rings. The highest BCUT2D eigenvalue weighted by molar-refractivity contribution is 6.42. The number of hydrogen-bond donors (Lipinski definition) is 1. The largest absolute Gasteiger partial charge is 0.493 e. The highest BCUT2D eigenvalue weighted by Crippen LogP contribution is 2.27. The van der Waals surface area contributed by atoms with Crippen molar-refractivity contribution in [1.82, 2.24) is 5.43 Å². The number of hydrazone groups is 1. The van der Waals surface area contributed by atoms with Gasteiger partial charge in [0.15, 0.2) is 11.5 Å². The lowest BCUT2D eigenvalue weighted by molar-refractivity contribution is 0.354. The molecule has 0 amide bonds. The molecule has 1 N–H and O–H groups in total. The third-order valence-electron chi connectivity index (χ3n) is 2.98. The zero-order chi connectivity index (χ0) is 15.9. The smallest absolute Gasteiger partial charge is 0.161 e. The number of rotatable bonds is 6. The molecule has 0 aliphatic heterocycles. The van der Waals surface area contributed by atoms with Crippen LogP contribution >= 0.6 is 23.2 Å². The topological polar surface area (TPSA) is 42.8 Å². The van der Waals surface area contributed by atoms with Gasteiger partial charge in [0, 0.05) is 0 Å². The third kappa shape index (κ3) is 4.29. The van der Waals surface area contributed by atoms with E-state index in [-0.39, 0.29) is 0 Å². The fourth-order valence-electron chi connectivity index (χ4n) is 1.84. The van der Waals surface area contributed by atoms with Crippen molar-refractivity contribution < 1.29 is 9.47 Å². The second kappa shape index (κ2) is 7.92. The van der Waals surface area contributed by atoms with Gasteiger partial charge in [-0.3, -0.25) is 0 Å². The molecule has 0 spiro atoms. The highest BCUT2D eigenvalue weighted by atomic mass is 35.5. The minimum absolute atomic E-state index is 0.505. The molecule has 0 unspecified atom stereocenters. The Labute approximate surface area is 139 Å². The monoisotopic (exact) mass is 338 g/mol. The second-order valence-electron chi connectivity index (χ2n) is 4.46. The van der Waals surface area contributed by atoms with E-state index in [1.165, 1.54) is 0 Å². The van der Waals surface area contributed by atoms with Crippen molar-refractivity contribution in [2.24, 2.45) is 5.10 Å². The molecule has 2 aromatic carbocycles. The number of nitrogens with zero attached hydrogens (tertiary/aromatic N) is 1. The summed E-state index contributed by atoms with van der Waals surface area (Å²) >= 11 is 11.8. The second-order valence-corrected chi connectivity index (χ2v) is 5.27. The van der Waals surface area contributed by atoms with Crippen molar-refractivity contribution in [3.8, 4) is 11.5 Å². The Kier molecular flexibility index (Phi) is 5.92. The zero-order valence-electron chi connectivity index (χ0n) is 12.3. The Bertz CT molecular complexity index is 675. The molecule has 22 heavy (non-hydrogen) atoms. The lowest BCUT2D eigenvalue weighted by Gasteiger charge is -2.09. The first-order chi connectivity index (χ1) is 10.6. The van der Waals surface area contributed by atoms with Gasteiger partial charge in [-0.15, -0.1) is 0 Å². The molecule has 4 nitrogen and oxygen atoms in total. The van der Waals surface area contributed by atoms with Crippen LogP contribution in [0.4, 0.5) is 0 Å². The summed E-state index contributed by atoms with van der Waals surface area (Å²) in [7, 11) is 3.22. The first-order valence-electron chi connectivity index (χ1n) is 6.56. The van der Waals surface area contributed by atoms with E-state index in [4.69, 9.17) is 32.7 Å². The number of methoxy groups -OCH3 is 2. The number of hydrogen-bond acceptors (Lipinski definition) is 4. The number of halogens is 2. The van der Waals surface area contributed by atoms with E-state index in [2.05, 4.69) is 10.5 Å². The molecule has 116 valence electrons. The fourth-order valence-corrected chi connectivity index (χ4v) is 2.15. The average Bonchev–Trinajstić information content (AvgIpc) is 2.54. The van der Waals surface area contributed by atoms with E-state index in [1.807, 2.05) is 24.3 Å². The van der Waals surface area contributed by atoms with Crippen molar-refractivity contribution in [1.29, 1.82) is 0 Å². The average molecular weight is 339 g/mol. The summed E-state index contributed by atoms with van der Waals surface area (Å²) in [5, 5.41) is 5.19. The van der Waals surface area contributed by atoms with Crippen molar-refractivity contribution in [3.05, 3.63) is 57.6 Å². The standard InChI is InChI=1S/C16H16Cl2N2O2/c1-21-15-6-4-12(8-16(15)22-2)10-20-19-9-11-3-5-13(17)14(18)7-11/h3-9,20H,10H2,1-2H3/b19-9-. The Balaban J connectivity index is 1.95. The Morgan fingerprint density at radius 2 is 1.77 bits per heavy atom. The van der Waals surface area contributed by atoms with Crippen LogP contribution in [0, 0.1) is 0 Å². The molecule has 0 saturated carbocycles. The lowest BCUT2D eigenvalue weighted by Crippen LogP contribution is -2.06. The molecule has 0 bridgehead atoms. The molecule has 0 radical (unpaired) electrons. The summed E-state index contributed by atoms with van der Waals surface area (Å²) < 4.78 is 10.5. The van der Waals surface area contributed by atoms with Gasteiger partial charge in [0.2, 0.25) is 0 Å². The summed E-state index contributed by atoms with van der Waals surface area (Å²) in [4.78, 5) is 0. The minimum Gasteiger partial charge on any atom is -0.493 e. The molecular weight excluding hydrogens is 323 g/mol. The van der Waals surface area contributed by atoms with Crippen LogP contribution in [-0.2, 0) is 6.54 Å². The molecule has 0 heterocycles. The van der Waals surface area contributed by atoms with Gasteiger partial charge in [-0.05, 0) is 35.4 Å². The molecule has 2 aromatic rings. The van der Waals surface area contributed by atoms with Crippen molar-refractivity contribution in [2.45, 2.75) is 6.54 Å². The number of ether oxygens (including phenoxy) is 2.